The number of hydrogen-bond acceptors (Lipinski definition) is 3. The molecule has 0 fully saturated rings. The van der Waals surface area contributed by atoms with Gasteiger partial charge in [-0.3, -0.25) is 4.79 Å². The van der Waals surface area contributed by atoms with E-state index in [0.717, 1.165) is 27.8 Å². The molecule has 3 aromatic rings. The summed E-state index contributed by atoms with van der Waals surface area (Å²) in [6.07, 6.45) is 4.08. The Labute approximate surface area is 152 Å². The highest BCUT2D eigenvalue weighted by Crippen LogP contribution is 2.39. The SMILES string of the molecule is Cc1c(C(=O)NCc2ccccc2)oc2ccc3c(c12)C=CC(C)(C)O3. The van der Waals surface area contributed by atoms with E-state index in [2.05, 4.69) is 11.4 Å². The van der Waals surface area contributed by atoms with Crippen molar-refractivity contribution in [1.82, 2.24) is 5.32 Å². The smallest absolute Gasteiger partial charge is 0.287 e. The maximum atomic E-state index is 12.6. The summed E-state index contributed by atoms with van der Waals surface area (Å²) in [5.74, 6) is 0.949. The Bertz CT molecular complexity index is 1010. The van der Waals surface area contributed by atoms with Gasteiger partial charge in [0.25, 0.3) is 5.91 Å². The van der Waals surface area contributed by atoms with Gasteiger partial charge in [0.15, 0.2) is 5.76 Å². The fourth-order valence-electron chi connectivity index (χ4n) is 3.28. The summed E-state index contributed by atoms with van der Waals surface area (Å²) in [5, 5.41) is 3.86. The fourth-order valence-corrected chi connectivity index (χ4v) is 3.28. The van der Waals surface area contributed by atoms with Crippen molar-refractivity contribution in [3.8, 4) is 5.75 Å². The third-order valence-corrected chi connectivity index (χ3v) is 4.62. The van der Waals surface area contributed by atoms with Gasteiger partial charge in [-0.05, 0) is 44.5 Å². The number of ether oxygens (including phenoxy) is 1. The summed E-state index contributed by atoms with van der Waals surface area (Å²) in [7, 11) is 0. The second kappa shape index (κ2) is 6.06. The van der Waals surface area contributed by atoms with Crippen LogP contribution in [0.5, 0.6) is 5.75 Å². The third-order valence-electron chi connectivity index (χ3n) is 4.62. The minimum Gasteiger partial charge on any atom is -0.483 e. The summed E-state index contributed by atoms with van der Waals surface area (Å²) in [6.45, 7) is 6.41. The van der Waals surface area contributed by atoms with Crippen LogP contribution in [-0.2, 0) is 6.54 Å². The summed E-state index contributed by atoms with van der Waals surface area (Å²) in [4.78, 5) is 12.6. The van der Waals surface area contributed by atoms with Gasteiger partial charge < -0.3 is 14.5 Å². The number of fused-ring (bicyclic) bond motifs is 3. The molecule has 2 aromatic carbocycles. The van der Waals surface area contributed by atoms with Gasteiger partial charge in [0.2, 0.25) is 0 Å². The lowest BCUT2D eigenvalue weighted by atomic mass is 9.98. The van der Waals surface area contributed by atoms with Crippen LogP contribution in [0, 0.1) is 6.92 Å². The van der Waals surface area contributed by atoms with Gasteiger partial charge >= 0.3 is 0 Å². The minimum atomic E-state index is -0.339. The van der Waals surface area contributed by atoms with Crippen LogP contribution < -0.4 is 10.1 Å². The number of furan rings is 1. The first-order valence-corrected chi connectivity index (χ1v) is 8.71. The van der Waals surface area contributed by atoms with Crippen LogP contribution in [0.25, 0.3) is 17.0 Å². The van der Waals surface area contributed by atoms with Crippen LogP contribution in [-0.4, -0.2) is 11.5 Å². The molecule has 1 amide bonds. The molecule has 132 valence electrons. The normalized spacial score (nSPS) is 14.7. The maximum absolute atomic E-state index is 12.6. The molecule has 1 N–H and O–H groups in total. The minimum absolute atomic E-state index is 0.211. The summed E-state index contributed by atoms with van der Waals surface area (Å²) < 4.78 is 11.9. The number of carbonyl (C=O) groups excluding carboxylic acids is 1. The third kappa shape index (κ3) is 2.88. The van der Waals surface area contributed by atoms with Crippen molar-refractivity contribution in [1.29, 1.82) is 0 Å². The van der Waals surface area contributed by atoms with Crippen LogP contribution in [0.1, 0.15) is 41.1 Å². The number of rotatable bonds is 3. The molecule has 0 spiro atoms. The molecule has 0 bridgehead atoms. The molecule has 4 heteroatoms. The Hall–Kier alpha value is -3.01. The zero-order valence-corrected chi connectivity index (χ0v) is 15.1. The Morgan fingerprint density at radius 2 is 1.88 bits per heavy atom. The second-order valence-corrected chi connectivity index (χ2v) is 7.11. The summed E-state index contributed by atoms with van der Waals surface area (Å²) >= 11 is 0. The molecule has 1 aliphatic heterocycles. The van der Waals surface area contributed by atoms with Crippen LogP contribution in [0.15, 0.2) is 53.0 Å². The molecule has 0 radical (unpaired) electrons. The zero-order chi connectivity index (χ0) is 18.3. The first kappa shape index (κ1) is 16.5. The molecule has 0 unspecified atom stereocenters. The van der Waals surface area contributed by atoms with Gasteiger partial charge in [-0.1, -0.05) is 36.4 Å². The van der Waals surface area contributed by atoms with Crippen molar-refractivity contribution in [2.45, 2.75) is 32.9 Å². The zero-order valence-electron chi connectivity index (χ0n) is 15.1. The standard InChI is InChI=1S/C22H21NO3/c1-14-19-16-11-12-22(2,3)26-17(16)9-10-18(19)25-20(14)21(24)23-13-15-7-5-4-6-8-15/h4-12H,13H2,1-3H3,(H,23,24). The van der Waals surface area contributed by atoms with Crippen molar-refractivity contribution >= 4 is 23.0 Å². The van der Waals surface area contributed by atoms with E-state index in [1.807, 2.05) is 69.3 Å². The van der Waals surface area contributed by atoms with E-state index in [1.54, 1.807) is 0 Å². The first-order valence-electron chi connectivity index (χ1n) is 8.71. The molecule has 4 nitrogen and oxygen atoms in total. The number of benzene rings is 2. The van der Waals surface area contributed by atoms with Crippen molar-refractivity contribution < 1.29 is 13.9 Å². The summed E-state index contributed by atoms with van der Waals surface area (Å²) in [5.41, 5.74) is 3.19. The summed E-state index contributed by atoms with van der Waals surface area (Å²) in [6, 6.07) is 13.6. The molecule has 0 saturated heterocycles. The number of hydrogen-bond donors (Lipinski definition) is 1. The average molecular weight is 347 g/mol. The van der Waals surface area contributed by atoms with Crippen molar-refractivity contribution in [2.75, 3.05) is 0 Å². The molecule has 4 rings (SSSR count). The van der Waals surface area contributed by atoms with E-state index in [9.17, 15) is 4.79 Å². The van der Waals surface area contributed by atoms with Gasteiger partial charge in [0.05, 0.1) is 0 Å². The Kier molecular flexibility index (Phi) is 3.83. The van der Waals surface area contributed by atoms with Crippen LogP contribution >= 0.6 is 0 Å². The number of nitrogens with one attached hydrogen (secondary N) is 1. The number of amides is 1. The molecule has 1 aromatic heterocycles. The monoisotopic (exact) mass is 347 g/mol. The lowest BCUT2D eigenvalue weighted by Gasteiger charge is -2.28. The average Bonchev–Trinajstić information content (AvgIpc) is 2.97. The molecule has 26 heavy (non-hydrogen) atoms. The van der Waals surface area contributed by atoms with Crippen LogP contribution in [0.4, 0.5) is 0 Å². The van der Waals surface area contributed by atoms with E-state index in [0.29, 0.717) is 17.9 Å². The van der Waals surface area contributed by atoms with Crippen LogP contribution in [0.2, 0.25) is 0 Å². The molecule has 1 aliphatic rings. The van der Waals surface area contributed by atoms with Gasteiger partial charge in [-0.15, -0.1) is 0 Å². The highest BCUT2D eigenvalue weighted by atomic mass is 16.5. The highest BCUT2D eigenvalue weighted by Gasteiger charge is 2.26. The van der Waals surface area contributed by atoms with Crippen LogP contribution in [0.3, 0.4) is 0 Å². The van der Waals surface area contributed by atoms with E-state index in [4.69, 9.17) is 9.15 Å². The van der Waals surface area contributed by atoms with Crippen molar-refractivity contribution in [3.63, 3.8) is 0 Å². The molecule has 2 heterocycles. The fraction of sp³-hybridized carbons (Fsp3) is 0.227. The maximum Gasteiger partial charge on any atom is 0.287 e. The molecule has 0 aliphatic carbocycles. The Morgan fingerprint density at radius 3 is 2.65 bits per heavy atom. The van der Waals surface area contributed by atoms with Crippen molar-refractivity contribution in [3.05, 3.63) is 71.0 Å². The Balaban J connectivity index is 1.67. The molecular weight excluding hydrogens is 326 g/mol. The highest BCUT2D eigenvalue weighted by molar-refractivity contribution is 6.02. The quantitative estimate of drug-likeness (QED) is 0.736. The van der Waals surface area contributed by atoms with E-state index in [1.165, 1.54) is 0 Å². The topological polar surface area (TPSA) is 51.5 Å². The first-order chi connectivity index (χ1) is 12.4. The predicted octanol–water partition coefficient (Wildman–Crippen LogP) is 4.86. The van der Waals surface area contributed by atoms with E-state index in [-0.39, 0.29) is 11.5 Å². The number of aryl methyl sites for hydroxylation is 1. The Morgan fingerprint density at radius 1 is 1.12 bits per heavy atom. The van der Waals surface area contributed by atoms with Crippen molar-refractivity contribution in [2.24, 2.45) is 0 Å². The lowest BCUT2D eigenvalue weighted by Crippen LogP contribution is -2.27. The molecule has 0 atom stereocenters. The van der Waals surface area contributed by atoms with E-state index >= 15 is 0 Å². The lowest BCUT2D eigenvalue weighted by molar-refractivity contribution is 0.0924. The molecular formula is C22H21NO3. The van der Waals surface area contributed by atoms with Gasteiger partial charge in [0, 0.05) is 23.1 Å². The van der Waals surface area contributed by atoms with Gasteiger partial charge in [-0.25, -0.2) is 0 Å². The van der Waals surface area contributed by atoms with Gasteiger partial charge in [-0.2, -0.15) is 0 Å². The van der Waals surface area contributed by atoms with Gasteiger partial charge in [0.1, 0.15) is 16.9 Å². The molecule has 0 saturated carbocycles. The predicted molar refractivity (Wildman–Crippen MR) is 102 cm³/mol. The van der Waals surface area contributed by atoms with E-state index < -0.39 is 0 Å². The largest absolute Gasteiger partial charge is 0.483 e. The number of carbonyl (C=O) groups is 1. The second-order valence-electron chi connectivity index (χ2n) is 7.11.